The van der Waals surface area contributed by atoms with Gasteiger partial charge in [0.25, 0.3) is 0 Å². The summed E-state index contributed by atoms with van der Waals surface area (Å²) in [6.45, 7) is 6.48. The summed E-state index contributed by atoms with van der Waals surface area (Å²) in [5.74, 6) is -0.877. The van der Waals surface area contributed by atoms with Crippen molar-refractivity contribution in [1.29, 1.82) is 0 Å². The van der Waals surface area contributed by atoms with Crippen molar-refractivity contribution in [2.45, 2.75) is 329 Å². The molecule has 0 amide bonds. The molecule has 0 aliphatic rings. The minimum absolute atomic E-state index is 0.0738. The van der Waals surface area contributed by atoms with Gasteiger partial charge in [-0.05, 0) is 70.6 Å². The van der Waals surface area contributed by atoms with E-state index in [1.54, 1.807) is 0 Å². The molecule has 6 nitrogen and oxygen atoms in total. The molecule has 0 saturated heterocycles. The fraction of sp³-hybridized carbons (Fsp3) is 0.779. The van der Waals surface area contributed by atoms with Crippen molar-refractivity contribution >= 4 is 17.9 Å². The van der Waals surface area contributed by atoms with Crippen LogP contribution in [-0.4, -0.2) is 37.2 Å². The van der Waals surface area contributed by atoms with Crippen molar-refractivity contribution in [3.8, 4) is 0 Å². The number of esters is 3. The van der Waals surface area contributed by atoms with Gasteiger partial charge in [0.05, 0.1) is 0 Å². The van der Waals surface area contributed by atoms with Gasteiger partial charge >= 0.3 is 17.9 Å². The summed E-state index contributed by atoms with van der Waals surface area (Å²) in [5.41, 5.74) is 0. The zero-order chi connectivity index (χ0) is 53.6. The smallest absolute Gasteiger partial charge is 0.306 e. The molecule has 0 radical (unpaired) electrons. The molecule has 0 aliphatic heterocycles. The normalized spacial score (nSPS) is 12.5. The Morgan fingerprint density at radius 3 is 0.824 bits per heavy atom. The zero-order valence-corrected chi connectivity index (χ0v) is 49.1. The molecule has 0 aliphatic carbocycles. The summed E-state index contributed by atoms with van der Waals surface area (Å²) >= 11 is 0. The molecule has 0 saturated carbocycles. The highest BCUT2D eigenvalue weighted by molar-refractivity contribution is 5.71. The average Bonchev–Trinajstić information content (AvgIpc) is 3.40. The van der Waals surface area contributed by atoms with Crippen LogP contribution in [0.15, 0.2) is 72.9 Å². The van der Waals surface area contributed by atoms with E-state index in [0.29, 0.717) is 19.3 Å². The first-order valence-electron chi connectivity index (χ1n) is 31.9. The van der Waals surface area contributed by atoms with Crippen LogP contribution in [0.5, 0.6) is 0 Å². The molecular weight excluding hydrogens is 913 g/mol. The van der Waals surface area contributed by atoms with Crippen LogP contribution in [0.4, 0.5) is 0 Å². The molecular formula is C68H120O6. The van der Waals surface area contributed by atoms with E-state index in [1.807, 2.05) is 0 Å². The number of hydrogen-bond donors (Lipinski definition) is 0. The maximum absolute atomic E-state index is 12.8. The third-order valence-corrected chi connectivity index (χ3v) is 14.0. The van der Waals surface area contributed by atoms with E-state index >= 15 is 0 Å². The van der Waals surface area contributed by atoms with Gasteiger partial charge in [-0.25, -0.2) is 0 Å². The fourth-order valence-corrected chi connectivity index (χ4v) is 9.21. The van der Waals surface area contributed by atoms with Gasteiger partial charge in [-0.2, -0.15) is 0 Å². The van der Waals surface area contributed by atoms with Crippen molar-refractivity contribution < 1.29 is 28.6 Å². The van der Waals surface area contributed by atoms with Gasteiger partial charge in [0.2, 0.25) is 0 Å². The number of ether oxygens (including phenoxy) is 3. The van der Waals surface area contributed by atoms with E-state index in [0.717, 1.165) is 103 Å². The summed E-state index contributed by atoms with van der Waals surface area (Å²) in [7, 11) is 0. The number of unbranched alkanes of at least 4 members (excludes halogenated alkanes) is 35. The molecule has 0 bridgehead atoms. The molecule has 74 heavy (non-hydrogen) atoms. The number of carbonyl (C=O) groups excluding carboxylic acids is 3. The number of carbonyl (C=O) groups is 3. The monoisotopic (exact) mass is 1030 g/mol. The van der Waals surface area contributed by atoms with Crippen molar-refractivity contribution in [3.63, 3.8) is 0 Å². The first-order chi connectivity index (χ1) is 36.5. The number of allylic oxidation sites excluding steroid dienone is 12. The molecule has 428 valence electrons. The van der Waals surface area contributed by atoms with Crippen LogP contribution < -0.4 is 0 Å². The molecule has 0 fully saturated rings. The number of rotatable bonds is 58. The van der Waals surface area contributed by atoms with Crippen LogP contribution in [-0.2, 0) is 28.6 Å². The Labute approximate surface area is 459 Å². The lowest BCUT2D eigenvalue weighted by molar-refractivity contribution is -0.167. The van der Waals surface area contributed by atoms with Crippen molar-refractivity contribution in [2.75, 3.05) is 13.2 Å². The summed E-state index contributed by atoms with van der Waals surface area (Å²) < 4.78 is 16.8. The van der Waals surface area contributed by atoms with E-state index < -0.39 is 6.10 Å². The minimum Gasteiger partial charge on any atom is -0.462 e. The Kier molecular flexibility index (Phi) is 59.7. The standard InChI is InChI=1S/C68H120O6/c1-4-7-10-13-15-17-19-21-23-25-27-29-31-32-33-34-35-36-37-39-40-42-44-46-48-50-52-55-58-61-67(70)73-64-65(63-72-66(69)60-57-54-12-9-6-3)74-68(71)62-59-56-53-51-49-47-45-43-41-38-30-28-26-24-22-20-18-16-14-11-8-5-2/h7,10,15,17,21,23,27,29,32-33,35-36,65H,4-6,8-9,11-14,16,18-20,22,24-26,28,30-31,34,37-64H2,1-3H3/b10-7-,17-15-,23-21-,29-27-,33-32-,36-35-. The molecule has 0 aromatic rings. The molecule has 1 unspecified atom stereocenters. The Morgan fingerprint density at radius 2 is 0.527 bits per heavy atom. The second kappa shape index (κ2) is 62.4. The molecule has 0 spiro atoms. The van der Waals surface area contributed by atoms with Crippen molar-refractivity contribution in [3.05, 3.63) is 72.9 Å². The van der Waals surface area contributed by atoms with Crippen LogP contribution in [0, 0.1) is 0 Å². The highest BCUT2D eigenvalue weighted by Crippen LogP contribution is 2.17. The van der Waals surface area contributed by atoms with E-state index in [4.69, 9.17) is 14.2 Å². The van der Waals surface area contributed by atoms with Gasteiger partial charge in [0.15, 0.2) is 6.10 Å². The summed E-state index contributed by atoms with van der Waals surface area (Å²) in [5, 5.41) is 0. The molecule has 0 aromatic carbocycles. The van der Waals surface area contributed by atoms with Crippen LogP contribution in [0.2, 0.25) is 0 Å². The van der Waals surface area contributed by atoms with Gasteiger partial charge < -0.3 is 14.2 Å². The van der Waals surface area contributed by atoms with E-state index in [2.05, 4.69) is 93.7 Å². The lowest BCUT2D eigenvalue weighted by atomic mass is 10.0. The zero-order valence-electron chi connectivity index (χ0n) is 49.1. The maximum Gasteiger partial charge on any atom is 0.306 e. The summed E-state index contributed by atoms with van der Waals surface area (Å²) in [4.78, 5) is 37.9. The largest absolute Gasteiger partial charge is 0.462 e. The quantitative estimate of drug-likeness (QED) is 0.0261. The van der Waals surface area contributed by atoms with Gasteiger partial charge in [0.1, 0.15) is 13.2 Å². The Bertz CT molecular complexity index is 1370. The lowest BCUT2D eigenvalue weighted by Crippen LogP contribution is -2.30. The minimum atomic E-state index is -0.771. The topological polar surface area (TPSA) is 78.9 Å². The number of hydrogen-bond acceptors (Lipinski definition) is 6. The Balaban J connectivity index is 4.03. The van der Waals surface area contributed by atoms with Gasteiger partial charge in [-0.3, -0.25) is 14.4 Å². The molecule has 6 heteroatoms. The van der Waals surface area contributed by atoms with Gasteiger partial charge in [-0.1, -0.05) is 306 Å². The first kappa shape index (κ1) is 70.8. The molecule has 1 atom stereocenters. The second-order valence-electron chi connectivity index (χ2n) is 21.3. The molecule has 0 N–H and O–H groups in total. The highest BCUT2D eigenvalue weighted by atomic mass is 16.6. The van der Waals surface area contributed by atoms with E-state index in [9.17, 15) is 14.4 Å². The van der Waals surface area contributed by atoms with Crippen LogP contribution in [0.3, 0.4) is 0 Å². The maximum atomic E-state index is 12.8. The van der Waals surface area contributed by atoms with Gasteiger partial charge in [-0.15, -0.1) is 0 Å². The van der Waals surface area contributed by atoms with Crippen LogP contribution in [0.1, 0.15) is 323 Å². The molecule has 0 heterocycles. The fourth-order valence-electron chi connectivity index (χ4n) is 9.21. The molecule has 0 aromatic heterocycles. The lowest BCUT2D eigenvalue weighted by Gasteiger charge is -2.18. The third-order valence-electron chi connectivity index (χ3n) is 14.0. The Hall–Kier alpha value is -3.15. The van der Waals surface area contributed by atoms with Crippen LogP contribution in [0.25, 0.3) is 0 Å². The van der Waals surface area contributed by atoms with Crippen molar-refractivity contribution in [2.24, 2.45) is 0 Å². The predicted octanol–water partition coefficient (Wildman–Crippen LogP) is 21.7. The second-order valence-corrected chi connectivity index (χ2v) is 21.3. The average molecular weight is 1030 g/mol. The highest BCUT2D eigenvalue weighted by Gasteiger charge is 2.19. The van der Waals surface area contributed by atoms with Gasteiger partial charge in [0, 0.05) is 19.3 Å². The molecule has 0 rings (SSSR count). The first-order valence-corrected chi connectivity index (χ1v) is 31.9. The Morgan fingerprint density at radius 1 is 0.284 bits per heavy atom. The summed E-state index contributed by atoms with van der Waals surface area (Å²) in [6.07, 6.45) is 81.0. The van der Waals surface area contributed by atoms with E-state index in [-0.39, 0.29) is 31.1 Å². The SMILES string of the molecule is CC/C=C\C/C=C\C/C=C\C/C=C\C/C=C\C/C=C\CCCCCCCCCCCCC(=O)OCC(COC(=O)CCCCCCC)OC(=O)CCCCCCCCCCCCCCCCCCCCCCCC. The summed E-state index contributed by atoms with van der Waals surface area (Å²) in [6, 6.07) is 0. The third kappa shape index (κ3) is 59.7. The van der Waals surface area contributed by atoms with E-state index in [1.165, 1.54) is 180 Å². The van der Waals surface area contributed by atoms with Crippen molar-refractivity contribution in [1.82, 2.24) is 0 Å². The van der Waals surface area contributed by atoms with Crippen LogP contribution >= 0.6 is 0 Å². The predicted molar refractivity (Wildman–Crippen MR) is 321 cm³/mol.